The Morgan fingerprint density at radius 2 is 1.86 bits per heavy atom. The standard InChI is InChI=1S/C14H14ClNO.CH4N2O/c1-16-13-9-5-8-12(15)14(13)17-10-11-6-3-2-4-7-11;2-3-1-4/h2-9,16H,10H2,1H3;1H,2H2,(H,3,4). The maximum atomic E-state index is 8.94. The van der Waals surface area contributed by atoms with E-state index in [1.54, 1.807) is 5.43 Å². The van der Waals surface area contributed by atoms with E-state index in [0.717, 1.165) is 11.3 Å². The van der Waals surface area contributed by atoms with Crippen molar-refractivity contribution in [3.63, 3.8) is 0 Å². The summed E-state index contributed by atoms with van der Waals surface area (Å²) in [4.78, 5) is 8.94. The number of rotatable bonds is 5. The zero-order valence-electron chi connectivity index (χ0n) is 11.7. The fourth-order valence-corrected chi connectivity index (χ4v) is 1.81. The quantitative estimate of drug-likeness (QED) is 0.343. The lowest BCUT2D eigenvalue weighted by atomic mass is 10.2. The van der Waals surface area contributed by atoms with E-state index in [1.165, 1.54) is 0 Å². The van der Waals surface area contributed by atoms with E-state index < -0.39 is 0 Å². The molecule has 2 aromatic rings. The minimum Gasteiger partial charge on any atom is -0.485 e. The highest BCUT2D eigenvalue weighted by atomic mass is 35.5. The summed E-state index contributed by atoms with van der Waals surface area (Å²) in [7, 11) is 1.85. The van der Waals surface area contributed by atoms with Gasteiger partial charge in [-0.3, -0.25) is 10.2 Å². The summed E-state index contributed by atoms with van der Waals surface area (Å²) >= 11 is 6.11. The van der Waals surface area contributed by atoms with Crippen molar-refractivity contribution in [2.75, 3.05) is 12.4 Å². The van der Waals surface area contributed by atoms with Crippen molar-refractivity contribution in [3.05, 3.63) is 59.1 Å². The van der Waals surface area contributed by atoms with Gasteiger partial charge in [0.05, 0.1) is 10.7 Å². The Hall–Kier alpha value is -2.24. The molecule has 6 heteroatoms. The number of nitrogens with two attached hydrogens (primary N) is 1. The summed E-state index contributed by atoms with van der Waals surface area (Å²) in [6.07, 6.45) is 0.403. The lowest BCUT2D eigenvalue weighted by Crippen LogP contribution is -2.18. The van der Waals surface area contributed by atoms with Crippen molar-refractivity contribution in [1.82, 2.24) is 5.43 Å². The zero-order valence-corrected chi connectivity index (χ0v) is 12.4. The lowest BCUT2D eigenvalue weighted by Gasteiger charge is -2.12. The Bertz CT molecular complexity index is 550. The second-order valence-electron chi connectivity index (χ2n) is 3.93. The first-order valence-electron chi connectivity index (χ1n) is 6.25. The summed E-state index contributed by atoms with van der Waals surface area (Å²) in [5.41, 5.74) is 3.77. The van der Waals surface area contributed by atoms with Crippen LogP contribution in [0.15, 0.2) is 48.5 Å². The molecule has 0 bridgehead atoms. The number of para-hydroxylation sites is 1. The van der Waals surface area contributed by atoms with E-state index in [1.807, 2.05) is 55.6 Å². The molecule has 21 heavy (non-hydrogen) atoms. The predicted octanol–water partition coefficient (Wildman–Crippen LogP) is 2.57. The number of nitrogens with one attached hydrogen (secondary N) is 2. The first-order valence-corrected chi connectivity index (χ1v) is 6.63. The molecule has 4 N–H and O–H groups in total. The number of hydrogen-bond donors (Lipinski definition) is 3. The van der Waals surface area contributed by atoms with Crippen LogP contribution in [0.3, 0.4) is 0 Å². The molecule has 0 fully saturated rings. The van der Waals surface area contributed by atoms with Crippen LogP contribution in [-0.4, -0.2) is 13.5 Å². The number of ether oxygens (including phenoxy) is 1. The van der Waals surface area contributed by atoms with Gasteiger partial charge in [0, 0.05) is 7.05 Å². The van der Waals surface area contributed by atoms with Crippen LogP contribution in [0.25, 0.3) is 0 Å². The van der Waals surface area contributed by atoms with Gasteiger partial charge in [0.2, 0.25) is 6.41 Å². The number of hydrogen-bond acceptors (Lipinski definition) is 4. The summed E-state index contributed by atoms with van der Waals surface area (Å²) in [6.45, 7) is 0.513. The van der Waals surface area contributed by atoms with Gasteiger partial charge in [-0.05, 0) is 17.7 Å². The Labute approximate surface area is 129 Å². The molecule has 0 aliphatic heterocycles. The molecule has 0 saturated heterocycles. The Morgan fingerprint density at radius 3 is 2.43 bits per heavy atom. The van der Waals surface area contributed by atoms with Crippen LogP contribution in [-0.2, 0) is 11.4 Å². The lowest BCUT2D eigenvalue weighted by molar-refractivity contribution is -0.109. The van der Waals surface area contributed by atoms with E-state index in [0.29, 0.717) is 23.8 Å². The molecule has 0 radical (unpaired) electrons. The smallest absolute Gasteiger partial charge is 0.221 e. The fraction of sp³-hybridized carbons (Fsp3) is 0.133. The first kappa shape index (κ1) is 16.8. The predicted molar refractivity (Wildman–Crippen MR) is 85.2 cm³/mol. The van der Waals surface area contributed by atoms with Crippen molar-refractivity contribution in [3.8, 4) is 5.75 Å². The highest BCUT2D eigenvalue weighted by Crippen LogP contribution is 2.33. The second-order valence-corrected chi connectivity index (χ2v) is 4.33. The van der Waals surface area contributed by atoms with Crippen molar-refractivity contribution >= 4 is 23.7 Å². The number of amides is 1. The van der Waals surface area contributed by atoms with Gasteiger partial charge in [-0.15, -0.1) is 0 Å². The maximum absolute atomic E-state index is 8.94. The molecule has 5 nitrogen and oxygen atoms in total. The molecule has 0 atom stereocenters. The van der Waals surface area contributed by atoms with Crippen LogP contribution in [0.2, 0.25) is 5.02 Å². The average Bonchev–Trinajstić information content (AvgIpc) is 2.54. The normalized spacial score (nSPS) is 9.10. The number of hydrazine groups is 1. The fourth-order valence-electron chi connectivity index (χ4n) is 1.58. The molecule has 0 heterocycles. The van der Waals surface area contributed by atoms with Crippen LogP contribution >= 0.6 is 11.6 Å². The average molecular weight is 308 g/mol. The van der Waals surface area contributed by atoms with Crippen LogP contribution in [0.5, 0.6) is 5.75 Å². The molecule has 112 valence electrons. The third-order valence-corrected chi connectivity index (χ3v) is 2.83. The van der Waals surface area contributed by atoms with Crippen molar-refractivity contribution < 1.29 is 9.53 Å². The molecule has 0 unspecified atom stereocenters. The SMILES string of the molecule is CNc1cccc(Cl)c1OCc1ccccc1.NNC=O. The van der Waals surface area contributed by atoms with Crippen molar-refractivity contribution in [2.24, 2.45) is 5.84 Å². The molecule has 2 rings (SSSR count). The maximum Gasteiger partial charge on any atom is 0.221 e. The topological polar surface area (TPSA) is 76.4 Å². The van der Waals surface area contributed by atoms with Gasteiger partial charge >= 0.3 is 0 Å². The molecule has 0 saturated carbocycles. The largest absolute Gasteiger partial charge is 0.485 e. The van der Waals surface area contributed by atoms with Gasteiger partial charge in [0.1, 0.15) is 6.61 Å². The van der Waals surface area contributed by atoms with Gasteiger partial charge in [-0.1, -0.05) is 48.0 Å². The molecule has 0 aliphatic carbocycles. The van der Waals surface area contributed by atoms with Crippen LogP contribution < -0.4 is 21.3 Å². The Morgan fingerprint density at radius 1 is 1.19 bits per heavy atom. The Balaban J connectivity index is 0.000000491. The third kappa shape index (κ3) is 5.72. The summed E-state index contributed by atoms with van der Waals surface area (Å²) in [5, 5.41) is 3.68. The first-order chi connectivity index (χ1) is 10.2. The van der Waals surface area contributed by atoms with Crippen molar-refractivity contribution in [2.45, 2.75) is 6.61 Å². The third-order valence-electron chi connectivity index (χ3n) is 2.53. The highest BCUT2D eigenvalue weighted by Gasteiger charge is 2.06. The summed E-state index contributed by atoms with van der Waals surface area (Å²) < 4.78 is 5.75. The summed E-state index contributed by atoms with van der Waals surface area (Å²) in [5.74, 6) is 5.10. The zero-order chi connectivity index (χ0) is 15.5. The van der Waals surface area contributed by atoms with E-state index >= 15 is 0 Å². The number of carbonyl (C=O) groups is 1. The van der Waals surface area contributed by atoms with Gasteiger partial charge in [0.25, 0.3) is 0 Å². The number of benzene rings is 2. The monoisotopic (exact) mass is 307 g/mol. The number of halogens is 1. The molecular formula is C15H18ClN3O2. The van der Waals surface area contributed by atoms with E-state index in [-0.39, 0.29) is 0 Å². The van der Waals surface area contributed by atoms with Gasteiger partial charge in [0.15, 0.2) is 5.75 Å². The van der Waals surface area contributed by atoms with E-state index in [2.05, 4.69) is 11.2 Å². The van der Waals surface area contributed by atoms with Gasteiger partial charge < -0.3 is 10.1 Å². The van der Waals surface area contributed by atoms with Crippen LogP contribution in [0.4, 0.5) is 5.69 Å². The van der Waals surface area contributed by atoms with Crippen LogP contribution in [0, 0.1) is 0 Å². The molecule has 0 aromatic heterocycles. The van der Waals surface area contributed by atoms with Crippen LogP contribution in [0.1, 0.15) is 5.56 Å². The number of anilines is 1. The Kier molecular flexibility index (Phi) is 7.71. The van der Waals surface area contributed by atoms with Gasteiger partial charge in [-0.2, -0.15) is 0 Å². The molecule has 1 amide bonds. The van der Waals surface area contributed by atoms with Crippen molar-refractivity contribution in [1.29, 1.82) is 0 Å². The highest BCUT2D eigenvalue weighted by molar-refractivity contribution is 6.32. The second kappa shape index (κ2) is 9.63. The molecule has 2 aromatic carbocycles. The minimum atomic E-state index is 0.403. The minimum absolute atomic E-state index is 0.403. The van der Waals surface area contributed by atoms with Gasteiger partial charge in [-0.25, -0.2) is 5.84 Å². The number of carbonyl (C=O) groups excluding carboxylic acids is 1. The summed E-state index contributed by atoms with van der Waals surface area (Å²) in [6, 6.07) is 15.7. The van der Waals surface area contributed by atoms with E-state index in [4.69, 9.17) is 21.1 Å². The molecule has 0 aliphatic rings. The molecule has 0 spiro atoms. The molecular weight excluding hydrogens is 290 g/mol. The van der Waals surface area contributed by atoms with E-state index in [9.17, 15) is 0 Å².